The third-order valence-corrected chi connectivity index (χ3v) is 6.63. The van der Waals surface area contributed by atoms with Gasteiger partial charge in [-0.15, -0.1) is 0 Å². The number of aromatic amines is 1. The number of pyridine rings is 1. The van der Waals surface area contributed by atoms with E-state index in [9.17, 15) is 14.0 Å². The second-order valence-electron chi connectivity index (χ2n) is 8.54. The average Bonchev–Trinajstić information content (AvgIpc) is 3.02. The second kappa shape index (κ2) is 5.16. The van der Waals surface area contributed by atoms with Crippen molar-refractivity contribution >= 4 is 16.8 Å². The van der Waals surface area contributed by atoms with E-state index in [1.807, 2.05) is 0 Å². The molecule has 4 nitrogen and oxygen atoms in total. The highest BCUT2D eigenvalue weighted by Gasteiger charge is 2.59. The quantitative estimate of drug-likeness (QED) is 0.876. The van der Waals surface area contributed by atoms with Crippen LogP contribution in [0.2, 0.25) is 0 Å². The lowest BCUT2D eigenvalue weighted by molar-refractivity contribution is 0.0736. The van der Waals surface area contributed by atoms with E-state index >= 15 is 0 Å². The molecule has 0 aliphatic heterocycles. The van der Waals surface area contributed by atoms with Crippen molar-refractivity contribution in [2.45, 2.75) is 46.1 Å². The molecule has 1 heterocycles. The van der Waals surface area contributed by atoms with Crippen LogP contribution in [-0.4, -0.2) is 16.9 Å². The molecule has 0 spiro atoms. The van der Waals surface area contributed by atoms with Gasteiger partial charge in [-0.1, -0.05) is 20.8 Å². The van der Waals surface area contributed by atoms with Gasteiger partial charge in [0.15, 0.2) is 0 Å². The number of carbonyl (C=O) groups is 1. The number of aromatic nitrogens is 1. The summed E-state index contributed by atoms with van der Waals surface area (Å²) < 4.78 is 13.3. The van der Waals surface area contributed by atoms with Crippen LogP contribution in [0.25, 0.3) is 10.9 Å². The molecule has 3 atom stereocenters. The van der Waals surface area contributed by atoms with Crippen molar-refractivity contribution in [1.82, 2.24) is 10.3 Å². The van der Waals surface area contributed by atoms with Gasteiger partial charge in [0.25, 0.3) is 5.91 Å². The van der Waals surface area contributed by atoms with E-state index in [2.05, 4.69) is 31.1 Å². The highest BCUT2D eigenvalue weighted by molar-refractivity contribution is 5.97. The molecule has 2 fully saturated rings. The fourth-order valence-corrected chi connectivity index (χ4v) is 5.23. The molecule has 1 amide bonds. The van der Waals surface area contributed by atoms with Crippen molar-refractivity contribution in [3.05, 3.63) is 46.0 Å². The van der Waals surface area contributed by atoms with Crippen molar-refractivity contribution in [2.24, 2.45) is 16.7 Å². The van der Waals surface area contributed by atoms with Gasteiger partial charge >= 0.3 is 0 Å². The first-order valence-electron chi connectivity index (χ1n) is 8.84. The molecule has 4 rings (SSSR count). The van der Waals surface area contributed by atoms with Gasteiger partial charge in [0.05, 0.1) is 5.52 Å². The monoisotopic (exact) mass is 342 g/mol. The third kappa shape index (κ3) is 2.32. The van der Waals surface area contributed by atoms with Crippen LogP contribution in [0.4, 0.5) is 4.39 Å². The molecule has 5 heteroatoms. The summed E-state index contributed by atoms with van der Waals surface area (Å²) in [5, 5.41) is 3.47. The summed E-state index contributed by atoms with van der Waals surface area (Å²) in [7, 11) is 0. The minimum Gasteiger partial charge on any atom is -0.360 e. The van der Waals surface area contributed by atoms with Crippen LogP contribution in [0.3, 0.4) is 0 Å². The molecule has 25 heavy (non-hydrogen) atoms. The van der Waals surface area contributed by atoms with E-state index in [-0.39, 0.29) is 33.8 Å². The maximum absolute atomic E-state index is 13.3. The smallest absolute Gasteiger partial charge is 0.257 e. The molecular weight excluding hydrogens is 319 g/mol. The summed E-state index contributed by atoms with van der Waals surface area (Å²) >= 11 is 0. The number of benzene rings is 1. The fourth-order valence-electron chi connectivity index (χ4n) is 5.23. The summed E-state index contributed by atoms with van der Waals surface area (Å²) in [6, 6.07) is 3.97. The molecule has 132 valence electrons. The van der Waals surface area contributed by atoms with Crippen molar-refractivity contribution in [3.63, 3.8) is 0 Å². The van der Waals surface area contributed by atoms with Crippen LogP contribution in [0.5, 0.6) is 0 Å². The number of H-pyrrole nitrogens is 1. The van der Waals surface area contributed by atoms with Gasteiger partial charge in [-0.05, 0) is 54.2 Å². The summed E-state index contributed by atoms with van der Waals surface area (Å²) in [5.41, 5.74) is 0.235. The molecular formula is C20H23FN2O2. The average molecular weight is 342 g/mol. The molecule has 0 radical (unpaired) electrons. The fraction of sp³-hybridized carbons (Fsp3) is 0.500. The predicted molar refractivity (Wildman–Crippen MR) is 95.0 cm³/mol. The summed E-state index contributed by atoms with van der Waals surface area (Å²) in [6.45, 7) is 6.65. The zero-order chi connectivity index (χ0) is 18.0. The van der Waals surface area contributed by atoms with Gasteiger partial charge in [-0.3, -0.25) is 9.59 Å². The molecule has 2 saturated carbocycles. The number of hydrogen-bond acceptors (Lipinski definition) is 2. The maximum Gasteiger partial charge on any atom is 0.257 e. The second-order valence-corrected chi connectivity index (χ2v) is 8.54. The molecule has 2 bridgehead atoms. The molecule has 1 aromatic heterocycles. The number of nitrogens with one attached hydrogen (secondary N) is 2. The molecule has 2 aliphatic carbocycles. The molecule has 1 unspecified atom stereocenters. The normalized spacial score (nSPS) is 29.9. The first-order valence-corrected chi connectivity index (χ1v) is 8.84. The lowest BCUT2D eigenvalue weighted by Gasteiger charge is -2.43. The predicted octanol–water partition coefficient (Wildman–Crippen LogP) is 3.61. The van der Waals surface area contributed by atoms with E-state index < -0.39 is 5.82 Å². The Morgan fingerprint density at radius 1 is 1.32 bits per heavy atom. The van der Waals surface area contributed by atoms with E-state index in [0.29, 0.717) is 16.8 Å². The summed E-state index contributed by atoms with van der Waals surface area (Å²) in [5.74, 6) is -0.156. The first kappa shape index (κ1) is 16.3. The van der Waals surface area contributed by atoms with Crippen LogP contribution in [0.15, 0.2) is 29.2 Å². The van der Waals surface area contributed by atoms with Crippen LogP contribution in [-0.2, 0) is 0 Å². The van der Waals surface area contributed by atoms with E-state index in [1.165, 1.54) is 30.8 Å². The largest absolute Gasteiger partial charge is 0.360 e. The van der Waals surface area contributed by atoms with E-state index in [1.54, 1.807) is 0 Å². The molecule has 2 aliphatic rings. The molecule has 2 N–H and O–H groups in total. The number of hydrogen-bond donors (Lipinski definition) is 2. The Labute approximate surface area is 145 Å². The number of fused-ring (bicyclic) bond motifs is 3. The van der Waals surface area contributed by atoms with E-state index in [4.69, 9.17) is 0 Å². The van der Waals surface area contributed by atoms with Gasteiger partial charge < -0.3 is 10.3 Å². The van der Waals surface area contributed by atoms with Crippen molar-refractivity contribution in [2.75, 3.05) is 0 Å². The Kier molecular flexibility index (Phi) is 3.37. The zero-order valence-electron chi connectivity index (χ0n) is 14.8. The van der Waals surface area contributed by atoms with Crippen LogP contribution in [0, 0.1) is 22.6 Å². The highest BCUT2D eigenvalue weighted by Crippen LogP contribution is 2.62. The number of amides is 1. The van der Waals surface area contributed by atoms with Gasteiger partial charge in [0, 0.05) is 17.6 Å². The topological polar surface area (TPSA) is 62.0 Å². The molecule has 2 aromatic rings. The number of rotatable bonds is 2. The van der Waals surface area contributed by atoms with Gasteiger partial charge in [-0.25, -0.2) is 4.39 Å². The SMILES string of the molecule is CC1(C)C2CC[C@](C)(C2)[C@@H]1NC(=O)c1c[nH]c2cc(F)ccc2c1=O. The maximum atomic E-state index is 13.3. The minimum absolute atomic E-state index is 0.0232. The number of halogens is 1. The Morgan fingerprint density at radius 2 is 2.08 bits per heavy atom. The summed E-state index contributed by atoms with van der Waals surface area (Å²) in [6.07, 6.45) is 4.83. The minimum atomic E-state index is -0.419. The number of carbonyl (C=O) groups excluding carboxylic acids is 1. The third-order valence-electron chi connectivity index (χ3n) is 6.63. The van der Waals surface area contributed by atoms with Gasteiger partial charge in [0.1, 0.15) is 11.4 Å². The first-order chi connectivity index (χ1) is 11.7. The zero-order valence-corrected chi connectivity index (χ0v) is 14.8. The van der Waals surface area contributed by atoms with Crippen LogP contribution in [0.1, 0.15) is 50.4 Å². The lowest BCUT2D eigenvalue weighted by atomic mass is 9.68. The summed E-state index contributed by atoms with van der Waals surface area (Å²) in [4.78, 5) is 28.4. The van der Waals surface area contributed by atoms with Crippen molar-refractivity contribution < 1.29 is 9.18 Å². The van der Waals surface area contributed by atoms with Crippen molar-refractivity contribution in [1.29, 1.82) is 0 Å². The van der Waals surface area contributed by atoms with Crippen LogP contribution < -0.4 is 10.7 Å². The van der Waals surface area contributed by atoms with Crippen LogP contribution >= 0.6 is 0 Å². The Hall–Kier alpha value is -2.17. The van der Waals surface area contributed by atoms with Gasteiger partial charge in [-0.2, -0.15) is 0 Å². The lowest BCUT2D eigenvalue weighted by Crippen LogP contribution is -2.53. The Balaban J connectivity index is 1.68. The Morgan fingerprint density at radius 3 is 2.76 bits per heavy atom. The standard InChI is InChI=1S/C20H23FN2O2/c1-19(2)11-6-7-20(3,9-11)18(19)23-17(25)14-10-22-15-8-12(21)4-5-13(15)16(14)24/h4-5,8,10-11,18H,6-7,9H2,1-3H3,(H,22,24)(H,23,25)/t11?,18-,20-/m1/s1. The van der Waals surface area contributed by atoms with E-state index in [0.717, 1.165) is 12.8 Å². The highest BCUT2D eigenvalue weighted by atomic mass is 19.1. The Bertz CT molecular complexity index is 928. The molecule has 0 saturated heterocycles. The van der Waals surface area contributed by atoms with Gasteiger partial charge in [0.2, 0.25) is 5.43 Å². The molecule has 1 aromatic carbocycles. The van der Waals surface area contributed by atoms with Crippen molar-refractivity contribution in [3.8, 4) is 0 Å².